The fraction of sp³-hybridized carbons (Fsp3) is 0.917. The molecule has 0 aromatic heterocycles. The Balaban J connectivity index is 2.31. The van der Waals surface area contributed by atoms with Gasteiger partial charge in [0.25, 0.3) is 0 Å². The predicted molar refractivity (Wildman–Crippen MR) is 70.4 cm³/mol. The van der Waals surface area contributed by atoms with Crippen LogP contribution in [0.4, 0.5) is 0 Å². The summed E-state index contributed by atoms with van der Waals surface area (Å²) in [6.45, 7) is 7.16. The van der Waals surface area contributed by atoms with Crippen LogP contribution in [0.15, 0.2) is 0 Å². The Morgan fingerprint density at radius 1 is 1.53 bits per heavy atom. The summed E-state index contributed by atoms with van der Waals surface area (Å²) in [5.41, 5.74) is -0.400. The number of carbonyl (C=O) groups is 1. The average Bonchev–Trinajstić information content (AvgIpc) is 2.24. The van der Waals surface area contributed by atoms with Crippen LogP contribution in [0.3, 0.4) is 0 Å². The van der Waals surface area contributed by atoms with Gasteiger partial charge < -0.3 is 14.8 Å². The lowest BCUT2D eigenvalue weighted by atomic mass is 10.1. The minimum absolute atomic E-state index is 0.150. The summed E-state index contributed by atoms with van der Waals surface area (Å²) in [6, 6.07) is 0.427. The van der Waals surface area contributed by atoms with Crippen LogP contribution in [0.1, 0.15) is 27.2 Å². The quantitative estimate of drug-likeness (QED) is 0.776. The minimum Gasteiger partial charge on any atom is -0.459 e. The average molecular weight is 261 g/mol. The number of esters is 1. The van der Waals surface area contributed by atoms with Crippen LogP contribution < -0.4 is 5.32 Å². The SMILES string of the molecule is CNC1CCOCC1SCC(=O)OC(C)(C)C. The monoisotopic (exact) mass is 261 g/mol. The molecule has 0 saturated carbocycles. The van der Waals surface area contributed by atoms with Gasteiger partial charge in [-0.05, 0) is 34.2 Å². The van der Waals surface area contributed by atoms with Crippen molar-refractivity contribution in [3.05, 3.63) is 0 Å². The van der Waals surface area contributed by atoms with E-state index in [9.17, 15) is 4.79 Å². The van der Waals surface area contributed by atoms with Crippen LogP contribution in [0.2, 0.25) is 0 Å². The van der Waals surface area contributed by atoms with Gasteiger partial charge in [0.05, 0.1) is 12.4 Å². The molecule has 17 heavy (non-hydrogen) atoms. The zero-order chi connectivity index (χ0) is 12.9. The first kappa shape index (κ1) is 14.8. The molecule has 1 aliphatic heterocycles. The molecule has 1 rings (SSSR count). The normalized spacial score (nSPS) is 25.6. The molecule has 1 fully saturated rings. The third kappa shape index (κ3) is 5.75. The van der Waals surface area contributed by atoms with E-state index in [1.54, 1.807) is 11.8 Å². The number of ether oxygens (including phenoxy) is 2. The van der Waals surface area contributed by atoms with Gasteiger partial charge in [-0.2, -0.15) is 0 Å². The molecule has 0 amide bonds. The molecule has 0 radical (unpaired) electrons. The molecule has 0 aliphatic carbocycles. The van der Waals surface area contributed by atoms with Crippen LogP contribution in [0, 0.1) is 0 Å². The van der Waals surface area contributed by atoms with E-state index in [0.29, 0.717) is 23.7 Å². The first-order chi connectivity index (χ1) is 7.92. The Morgan fingerprint density at radius 3 is 2.82 bits per heavy atom. The van der Waals surface area contributed by atoms with Crippen LogP contribution >= 0.6 is 11.8 Å². The molecule has 0 spiro atoms. The largest absolute Gasteiger partial charge is 0.459 e. The second-order valence-corrected chi connectivity index (χ2v) is 6.42. The van der Waals surface area contributed by atoms with Crippen LogP contribution in [-0.4, -0.2) is 48.9 Å². The number of hydrogen-bond donors (Lipinski definition) is 1. The predicted octanol–water partition coefficient (Wildman–Crippen LogP) is 1.44. The molecule has 0 aromatic carbocycles. The van der Waals surface area contributed by atoms with Gasteiger partial charge in [0.2, 0.25) is 0 Å². The molecule has 100 valence electrons. The highest BCUT2D eigenvalue weighted by molar-refractivity contribution is 8.00. The van der Waals surface area contributed by atoms with Gasteiger partial charge in [-0.3, -0.25) is 4.79 Å². The molecule has 4 nitrogen and oxygen atoms in total. The van der Waals surface area contributed by atoms with Gasteiger partial charge in [-0.25, -0.2) is 0 Å². The number of carbonyl (C=O) groups excluding carboxylic acids is 1. The van der Waals surface area contributed by atoms with Crippen molar-refractivity contribution in [3.8, 4) is 0 Å². The highest BCUT2D eigenvalue weighted by atomic mass is 32.2. The smallest absolute Gasteiger partial charge is 0.316 e. The van der Waals surface area contributed by atoms with Crippen LogP contribution in [-0.2, 0) is 14.3 Å². The zero-order valence-corrected chi connectivity index (χ0v) is 11.9. The molecule has 1 heterocycles. The zero-order valence-electron chi connectivity index (χ0n) is 11.1. The molecule has 0 aromatic rings. The van der Waals surface area contributed by atoms with Crippen molar-refractivity contribution in [2.45, 2.75) is 44.1 Å². The van der Waals surface area contributed by atoms with Crippen molar-refractivity contribution in [2.75, 3.05) is 26.0 Å². The van der Waals surface area contributed by atoms with E-state index in [2.05, 4.69) is 5.32 Å². The number of nitrogens with one attached hydrogen (secondary N) is 1. The molecule has 1 saturated heterocycles. The summed E-state index contributed by atoms with van der Waals surface area (Å²) in [7, 11) is 1.96. The van der Waals surface area contributed by atoms with Crippen molar-refractivity contribution in [1.82, 2.24) is 5.32 Å². The number of thioether (sulfide) groups is 1. The van der Waals surface area contributed by atoms with Crippen molar-refractivity contribution in [2.24, 2.45) is 0 Å². The summed E-state index contributed by atoms with van der Waals surface area (Å²) in [5.74, 6) is 0.242. The Labute approximate surface area is 108 Å². The molecule has 5 heteroatoms. The topological polar surface area (TPSA) is 47.6 Å². The lowest BCUT2D eigenvalue weighted by Gasteiger charge is -2.30. The number of rotatable bonds is 4. The van der Waals surface area contributed by atoms with E-state index in [1.807, 2.05) is 27.8 Å². The van der Waals surface area contributed by atoms with E-state index in [4.69, 9.17) is 9.47 Å². The molecule has 2 atom stereocenters. The second kappa shape index (κ2) is 6.61. The van der Waals surface area contributed by atoms with E-state index >= 15 is 0 Å². The fourth-order valence-electron chi connectivity index (χ4n) is 1.75. The maximum Gasteiger partial charge on any atom is 0.316 e. The first-order valence-corrected chi connectivity index (χ1v) is 7.05. The second-order valence-electron chi connectivity index (χ2n) is 5.19. The lowest BCUT2D eigenvalue weighted by Crippen LogP contribution is -2.43. The summed E-state index contributed by atoms with van der Waals surface area (Å²) in [6.07, 6.45) is 1.00. The summed E-state index contributed by atoms with van der Waals surface area (Å²) < 4.78 is 10.7. The Morgan fingerprint density at radius 2 is 2.24 bits per heavy atom. The van der Waals surface area contributed by atoms with Gasteiger partial charge in [0.15, 0.2) is 0 Å². The summed E-state index contributed by atoms with van der Waals surface area (Å²) in [5, 5.41) is 3.61. The van der Waals surface area contributed by atoms with Crippen LogP contribution in [0.5, 0.6) is 0 Å². The minimum atomic E-state index is -0.400. The maximum atomic E-state index is 11.6. The van der Waals surface area contributed by atoms with Crippen molar-refractivity contribution in [3.63, 3.8) is 0 Å². The van der Waals surface area contributed by atoms with E-state index in [0.717, 1.165) is 13.0 Å². The standard InChI is InChI=1S/C12H23NO3S/c1-12(2,3)16-11(14)8-17-10-7-15-6-5-9(10)13-4/h9-10,13H,5-8H2,1-4H3. The Kier molecular flexibility index (Phi) is 5.76. The molecule has 2 unspecified atom stereocenters. The van der Waals surface area contributed by atoms with Crippen LogP contribution in [0.25, 0.3) is 0 Å². The fourth-order valence-corrected chi connectivity index (χ4v) is 2.86. The third-order valence-electron chi connectivity index (χ3n) is 2.51. The van der Waals surface area contributed by atoms with Gasteiger partial charge in [-0.15, -0.1) is 11.8 Å². The molecule has 1 N–H and O–H groups in total. The first-order valence-electron chi connectivity index (χ1n) is 6.01. The molecular formula is C12H23NO3S. The van der Waals surface area contributed by atoms with Gasteiger partial charge >= 0.3 is 5.97 Å². The summed E-state index contributed by atoms with van der Waals surface area (Å²) in [4.78, 5) is 11.6. The van der Waals surface area contributed by atoms with E-state index in [-0.39, 0.29) is 5.97 Å². The molecule has 0 bridgehead atoms. The van der Waals surface area contributed by atoms with Crippen molar-refractivity contribution < 1.29 is 14.3 Å². The van der Waals surface area contributed by atoms with E-state index in [1.165, 1.54) is 0 Å². The molecule has 1 aliphatic rings. The van der Waals surface area contributed by atoms with E-state index < -0.39 is 5.60 Å². The van der Waals surface area contributed by atoms with Gasteiger partial charge in [-0.1, -0.05) is 0 Å². The highest BCUT2D eigenvalue weighted by Gasteiger charge is 2.26. The lowest BCUT2D eigenvalue weighted by molar-refractivity contribution is -0.151. The highest BCUT2D eigenvalue weighted by Crippen LogP contribution is 2.22. The number of hydrogen-bond acceptors (Lipinski definition) is 5. The maximum absolute atomic E-state index is 11.6. The van der Waals surface area contributed by atoms with Crippen molar-refractivity contribution >= 4 is 17.7 Å². The van der Waals surface area contributed by atoms with Gasteiger partial charge in [0.1, 0.15) is 5.60 Å². The summed E-state index contributed by atoms with van der Waals surface area (Å²) >= 11 is 1.62. The van der Waals surface area contributed by atoms with Crippen molar-refractivity contribution in [1.29, 1.82) is 0 Å². The Bertz CT molecular complexity index is 253. The van der Waals surface area contributed by atoms with Gasteiger partial charge in [0, 0.05) is 17.9 Å². The Hall–Kier alpha value is -0.260. The molecular weight excluding hydrogens is 238 g/mol. The third-order valence-corrected chi connectivity index (χ3v) is 3.81.